The predicted octanol–water partition coefficient (Wildman–Crippen LogP) is 21.7. The molecule has 0 aromatic heterocycles. The Morgan fingerprint density at radius 3 is 0.737 bits per heavy atom. The second kappa shape index (κ2) is 19.9. The molecule has 0 atom stereocenters. The summed E-state index contributed by atoms with van der Waals surface area (Å²) in [5.41, 5.74) is 24.1. The summed E-state index contributed by atoms with van der Waals surface area (Å²) in [6, 6.07) is 86.0. The van der Waals surface area contributed by atoms with Gasteiger partial charge < -0.3 is 9.80 Å². The van der Waals surface area contributed by atoms with E-state index in [-0.39, 0.29) is 11.8 Å². The molecule has 0 saturated carbocycles. The lowest BCUT2D eigenvalue weighted by Gasteiger charge is -2.34. The van der Waals surface area contributed by atoms with Gasteiger partial charge in [-0.15, -0.1) is 0 Å². The Labute approximate surface area is 449 Å². The molecule has 0 aliphatic rings. The molecule has 76 heavy (non-hydrogen) atoms. The van der Waals surface area contributed by atoms with Crippen molar-refractivity contribution in [2.75, 3.05) is 9.80 Å². The molecule has 12 aromatic carbocycles. The topological polar surface area (TPSA) is 6.48 Å². The minimum Gasteiger partial charge on any atom is -0.309 e. The highest BCUT2D eigenvalue weighted by Gasteiger charge is 2.28. The van der Waals surface area contributed by atoms with Crippen LogP contribution in [0.3, 0.4) is 0 Å². The number of aryl methyl sites for hydroxylation is 4. The van der Waals surface area contributed by atoms with Gasteiger partial charge in [-0.05, 0) is 175 Å². The summed E-state index contributed by atoms with van der Waals surface area (Å²) in [6.45, 7) is 18.5. The lowest BCUT2D eigenvalue weighted by Crippen LogP contribution is -2.15. The van der Waals surface area contributed by atoms with Crippen LogP contribution in [-0.4, -0.2) is 0 Å². The fourth-order valence-electron chi connectivity index (χ4n) is 11.8. The van der Waals surface area contributed by atoms with Crippen LogP contribution >= 0.6 is 0 Å². The van der Waals surface area contributed by atoms with Gasteiger partial charge in [-0.3, -0.25) is 0 Å². The van der Waals surface area contributed by atoms with Crippen molar-refractivity contribution in [3.8, 4) is 44.5 Å². The molecule has 2 nitrogen and oxygen atoms in total. The molecule has 0 N–H and O–H groups in total. The third-order valence-corrected chi connectivity index (χ3v) is 15.9. The number of anilines is 6. The van der Waals surface area contributed by atoms with E-state index in [0.29, 0.717) is 0 Å². The van der Waals surface area contributed by atoms with Gasteiger partial charge in [0.25, 0.3) is 0 Å². The van der Waals surface area contributed by atoms with E-state index in [2.05, 4.69) is 296 Å². The van der Waals surface area contributed by atoms with E-state index in [1.807, 2.05) is 0 Å². The van der Waals surface area contributed by atoms with Crippen molar-refractivity contribution in [2.24, 2.45) is 0 Å². The molecule has 0 amide bonds. The summed E-state index contributed by atoms with van der Waals surface area (Å²) in [5, 5.41) is 7.69. The van der Waals surface area contributed by atoms with Crippen molar-refractivity contribution in [3.63, 3.8) is 0 Å². The van der Waals surface area contributed by atoms with Crippen molar-refractivity contribution in [2.45, 2.75) is 67.2 Å². The van der Waals surface area contributed by atoms with Crippen LogP contribution < -0.4 is 9.80 Å². The van der Waals surface area contributed by atoms with E-state index >= 15 is 0 Å². The first-order valence-corrected chi connectivity index (χ1v) is 27.0. The van der Waals surface area contributed by atoms with Crippen LogP contribution in [0.1, 0.15) is 72.9 Å². The number of nitrogens with zero attached hydrogens (tertiary/aromatic N) is 2. The van der Waals surface area contributed by atoms with Gasteiger partial charge in [0.15, 0.2) is 0 Å². The first kappa shape index (κ1) is 48.2. The molecule has 0 unspecified atom stereocenters. The van der Waals surface area contributed by atoms with E-state index in [0.717, 1.165) is 22.7 Å². The summed E-state index contributed by atoms with van der Waals surface area (Å²) >= 11 is 0. The van der Waals surface area contributed by atoms with Crippen LogP contribution in [0.5, 0.6) is 0 Å². The highest BCUT2D eigenvalue weighted by molar-refractivity contribution is 6.29. The number of benzene rings is 12. The second-order valence-electron chi connectivity index (χ2n) is 21.5. The monoisotopic (exact) mass is 981 g/mol. The molecule has 0 spiro atoms. The number of rotatable bonds is 12. The number of hydrogen-bond acceptors (Lipinski definition) is 2. The van der Waals surface area contributed by atoms with Crippen LogP contribution in [-0.2, 0) is 0 Å². The summed E-state index contributed by atoms with van der Waals surface area (Å²) < 4.78 is 0. The van der Waals surface area contributed by atoms with E-state index in [9.17, 15) is 0 Å². The van der Waals surface area contributed by atoms with Crippen molar-refractivity contribution < 1.29 is 0 Å². The van der Waals surface area contributed by atoms with Crippen LogP contribution in [0.25, 0.3) is 76.8 Å². The smallest absolute Gasteiger partial charge is 0.0543 e. The Balaban J connectivity index is 1.20. The van der Waals surface area contributed by atoms with Crippen molar-refractivity contribution >= 4 is 66.4 Å². The fraction of sp³-hybridized carbons (Fsp3) is 0.135. The molecular formula is C74H64N2. The third kappa shape index (κ3) is 8.58. The van der Waals surface area contributed by atoms with Crippen molar-refractivity contribution in [3.05, 3.63) is 264 Å². The van der Waals surface area contributed by atoms with Gasteiger partial charge in [0.2, 0.25) is 0 Å². The molecule has 0 saturated heterocycles. The minimum atomic E-state index is 0.242. The standard InChI is InChI=1S/C74H64N2/c1-47(2)65-45-71(75(67-41-57(33-29-49(67)5)53-21-13-9-14-22-53)68-42-58(34-30-50(68)6)54-23-15-10-16-24-54)63-40-38-62-66(48(3)4)46-72(64-39-37-61(65)73(63)74(62)64)76(69-43-59(35-31-51(69)7)55-25-17-11-18-26-55)70-44-60(36-32-52(70)8)56-27-19-12-20-28-56/h9-48H,1-8H3. The van der Waals surface area contributed by atoms with Gasteiger partial charge in [-0.2, -0.15) is 0 Å². The SMILES string of the molecule is Cc1ccc(-c2ccccc2)cc1N(c1cc(-c2ccccc2)ccc1C)c1cc(C(C)C)c2ccc3c(N(c4cc(-c5ccccc5)ccc4C)c4cc(-c5ccccc5)ccc4C)cc(C(C)C)c4ccc1c2c43. The lowest BCUT2D eigenvalue weighted by molar-refractivity contribution is 0.875. The summed E-state index contributed by atoms with van der Waals surface area (Å²) in [5.74, 6) is 0.483. The molecule has 0 radical (unpaired) electrons. The average Bonchev–Trinajstić information content (AvgIpc) is 3.46. The van der Waals surface area contributed by atoms with Gasteiger partial charge in [-0.1, -0.05) is 222 Å². The van der Waals surface area contributed by atoms with Gasteiger partial charge in [0, 0.05) is 33.5 Å². The van der Waals surface area contributed by atoms with Gasteiger partial charge in [0.1, 0.15) is 0 Å². The molecule has 0 fully saturated rings. The largest absolute Gasteiger partial charge is 0.309 e. The summed E-state index contributed by atoms with van der Waals surface area (Å²) in [6.07, 6.45) is 0. The molecule has 0 bridgehead atoms. The molecule has 0 heterocycles. The van der Waals surface area contributed by atoms with Crippen LogP contribution in [0.15, 0.2) is 231 Å². The van der Waals surface area contributed by atoms with Gasteiger partial charge in [0.05, 0.1) is 11.4 Å². The first-order chi connectivity index (χ1) is 37.0. The molecule has 2 heteroatoms. The van der Waals surface area contributed by atoms with E-state index < -0.39 is 0 Å². The highest BCUT2D eigenvalue weighted by Crippen LogP contribution is 2.53. The fourth-order valence-corrected chi connectivity index (χ4v) is 11.8. The minimum absolute atomic E-state index is 0.242. The van der Waals surface area contributed by atoms with E-state index in [1.54, 1.807) is 0 Å². The molecule has 370 valence electrons. The first-order valence-electron chi connectivity index (χ1n) is 27.0. The average molecular weight is 981 g/mol. The van der Waals surface area contributed by atoms with Crippen LogP contribution in [0, 0.1) is 27.7 Å². The Morgan fingerprint density at radius 2 is 0.487 bits per heavy atom. The van der Waals surface area contributed by atoms with Gasteiger partial charge in [-0.25, -0.2) is 0 Å². The summed E-state index contributed by atoms with van der Waals surface area (Å²) in [4.78, 5) is 5.18. The quantitative estimate of drug-likeness (QED) is 0.113. The zero-order chi connectivity index (χ0) is 52.2. The van der Waals surface area contributed by atoms with Crippen molar-refractivity contribution in [1.29, 1.82) is 0 Å². The zero-order valence-corrected chi connectivity index (χ0v) is 45.0. The molecular weight excluding hydrogens is 917 g/mol. The van der Waals surface area contributed by atoms with E-state index in [4.69, 9.17) is 0 Å². The van der Waals surface area contributed by atoms with E-state index in [1.165, 1.54) is 122 Å². The lowest BCUT2D eigenvalue weighted by atomic mass is 9.83. The Kier molecular flexibility index (Phi) is 12.6. The maximum atomic E-state index is 2.59. The van der Waals surface area contributed by atoms with Crippen LogP contribution in [0.4, 0.5) is 34.1 Å². The molecule has 0 aliphatic heterocycles. The number of hydrogen-bond donors (Lipinski definition) is 0. The molecule has 0 aliphatic carbocycles. The highest BCUT2D eigenvalue weighted by atomic mass is 15.2. The third-order valence-electron chi connectivity index (χ3n) is 15.9. The maximum absolute atomic E-state index is 2.59. The van der Waals surface area contributed by atoms with Gasteiger partial charge >= 0.3 is 0 Å². The normalized spacial score (nSPS) is 11.7. The Bertz CT molecular complexity index is 3630. The Morgan fingerprint density at radius 1 is 0.237 bits per heavy atom. The van der Waals surface area contributed by atoms with Crippen LogP contribution in [0.2, 0.25) is 0 Å². The predicted molar refractivity (Wildman–Crippen MR) is 328 cm³/mol. The molecule has 12 aromatic rings. The van der Waals surface area contributed by atoms with Crippen molar-refractivity contribution in [1.82, 2.24) is 0 Å². The maximum Gasteiger partial charge on any atom is 0.0543 e. The second-order valence-corrected chi connectivity index (χ2v) is 21.5. The Hall–Kier alpha value is -8.72. The molecule has 12 rings (SSSR count). The zero-order valence-electron chi connectivity index (χ0n) is 45.0. The summed E-state index contributed by atoms with van der Waals surface area (Å²) in [7, 11) is 0.